The van der Waals surface area contributed by atoms with E-state index in [0.717, 1.165) is 18.2 Å². The summed E-state index contributed by atoms with van der Waals surface area (Å²) >= 11 is 0. The minimum absolute atomic E-state index is 0.275. The first-order chi connectivity index (χ1) is 9.82. The van der Waals surface area contributed by atoms with Crippen LogP contribution in [0, 0.1) is 0 Å². The van der Waals surface area contributed by atoms with Gasteiger partial charge in [0, 0.05) is 17.3 Å². The number of alkyl halides is 3. The van der Waals surface area contributed by atoms with Gasteiger partial charge in [0.25, 0.3) is 5.56 Å². The monoisotopic (exact) mass is 298 g/mol. The number of anilines is 1. The lowest BCUT2D eigenvalue weighted by molar-refractivity contribution is -0.144. The number of hydrogen-bond acceptors (Lipinski definition) is 3. The second kappa shape index (κ2) is 5.51. The number of nitrogen functional groups attached to an aromatic ring is 1. The average molecular weight is 298 g/mol. The van der Waals surface area contributed by atoms with Gasteiger partial charge in [0.1, 0.15) is 11.4 Å². The summed E-state index contributed by atoms with van der Waals surface area (Å²) in [6, 6.07) is 7.62. The Morgan fingerprint density at radius 2 is 1.95 bits per heavy atom. The van der Waals surface area contributed by atoms with E-state index in [9.17, 15) is 18.0 Å². The van der Waals surface area contributed by atoms with Crippen molar-refractivity contribution in [3.63, 3.8) is 0 Å². The quantitative estimate of drug-likeness (QED) is 0.886. The molecule has 0 unspecified atom stereocenters. The van der Waals surface area contributed by atoms with E-state index in [4.69, 9.17) is 10.5 Å². The number of benzene rings is 1. The lowest BCUT2D eigenvalue weighted by Gasteiger charge is -2.16. The maximum Gasteiger partial charge on any atom is 0.431 e. The standard InChI is InChI=1S/C14H13F3N2O2/c1-21-11-6-5-10(18)7-9(11)8-19-12(14(15,16)17)3-2-4-13(19)20/h2-7H,8,18H2,1H3. The summed E-state index contributed by atoms with van der Waals surface area (Å²) in [4.78, 5) is 11.8. The first-order valence-electron chi connectivity index (χ1n) is 6.02. The van der Waals surface area contributed by atoms with Crippen LogP contribution in [0.4, 0.5) is 18.9 Å². The molecule has 0 bridgehead atoms. The Labute approximate surface area is 118 Å². The van der Waals surface area contributed by atoms with Gasteiger partial charge in [0.15, 0.2) is 0 Å². The first kappa shape index (κ1) is 15.0. The molecule has 21 heavy (non-hydrogen) atoms. The van der Waals surface area contributed by atoms with Crippen LogP contribution in [-0.2, 0) is 12.7 Å². The van der Waals surface area contributed by atoms with Crippen molar-refractivity contribution in [2.45, 2.75) is 12.7 Å². The molecule has 0 radical (unpaired) electrons. The van der Waals surface area contributed by atoms with Crippen molar-refractivity contribution in [3.8, 4) is 5.75 Å². The highest BCUT2D eigenvalue weighted by Crippen LogP contribution is 2.29. The Bertz CT molecular complexity index is 708. The molecular weight excluding hydrogens is 285 g/mol. The maximum atomic E-state index is 13.0. The smallest absolute Gasteiger partial charge is 0.431 e. The number of pyridine rings is 1. The van der Waals surface area contributed by atoms with Gasteiger partial charge in [-0.1, -0.05) is 6.07 Å². The Balaban J connectivity index is 2.55. The van der Waals surface area contributed by atoms with E-state index in [1.165, 1.54) is 13.2 Å². The highest BCUT2D eigenvalue weighted by Gasteiger charge is 2.34. The lowest BCUT2D eigenvalue weighted by atomic mass is 10.1. The van der Waals surface area contributed by atoms with Gasteiger partial charge in [-0.15, -0.1) is 0 Å². The number of methoxy groups -OCH3 is 1. The van der Waals surface area contributed by atoms with E-state index in [1.54, 1.807) is 12.1 Å². The van der Waals surface area contributed by atoms with Crippen LogP contribution in [0.5, 0.6) is 5.75 Å². The van der Waals surface area contributed by atoms with Crippen molar-refractivity contribution < 1.29 is 17.9 Å². The fraction of sp³-hybridized carbons (Fsp3) is 0.214. The summed E-state index contributed by atoms with van der Waals surface area (Å²) in [6.45, 7) is -0.275. The average Bonchev–Trinajstić information content (AvgIpc) is 2.40. The number of ether oxygens (including phenoxy) is 1. The van der Waals surface area contributed by atoms with Gasteiger partial charge in [-0.05, 0) is 24.3 Å². The number of rotatable bonds is 3. The van der Waals surface area contributed by atoms with Crippen LogP contribution in [0.25, 0.3) is 0 Å². The number of nitrogens with two attached hydrogens (primary N) is 1. The normalized spacial score (nSPS) is 11.4. The molecule has 1 heterocycles. The Morgan fingerprint density at radius 3 is 2.57 bits per heavy atom. The fourth-order valence-electron chi connectivity index (χ4n) is 2.02. The van der Waals surface area contributed by atoms with Gasteiger partial charge in [-0.25, -0.2) is 0 Å². The third kappa shape index (κ3) is 3.18. The molecule has 0 aliphatic heterocycles. The van der Waals surface area contributed by atoms with Crippen molar-refractivity contribution in [2.24, 2.45) is 0 Å². The first-order valence-corrected chi connectivity index (χ1v) is 6.02. The molecule has 0 aliphatic carbocycles. The summed E-state index contributed by atoms with van der Waals surface area (Å²) in [6.07, 6.45) is -4.62. The lowest BCUT2D eigenvalue weighted by Crippen LogP contribution is -2.27. The molecule has 0 saturated heterocycles. The van der Waals surface area contributed by atoms with Gasteiger partial charge in [0.2, 0.25) is 0 Å². The molecule has 0 fully saturated rings. The highest BCUT2D eigenvalue weighted by molar-refractivity contribution is 5.48. The summed E-state index contributed by atoms with van der Waals surface area (Å²) in [5, 5.41) is 0. The van der Waals surface area contributed by atoms with Crippen molar-refractivity contribution in [1.29, 1.82) is 0 Å². The molecular formula is C14H13F3N2O2. The van der Waals surface area contributed by atoms with Crippen molar-refractivity contribution in [2.75, 3.05) is 12.8 Å². The third-order valence-electron chi connectivity index (χ3n) is 2.97. The van der Waals surface area contributed by atoms with Gasteiger partial charge in [-0.2, -0.15) is 13.2 Å². The highest BCUT2D eigenvalue weighted by atomic mass is 19.4. The summed E-state index contributed by atoms with van der Waals surface area (Å²) < 4.78 is 44.7. The van der Waals surface area contributed by atoms with Crippen molar-refractivity contribution >= 4 is 5.69 Å². The maximum absolute atomic E-state index is 13.0. The summed E-state index contributed by atoms with van der Waals surface area (Å²) in [7, 11) is 1.40. The Kier molecular flexibility index (Phi) is 3.93. The molecule has 2 aromatic rings. The van der Waals surface area contributed by atoms with E-state index in [0.29, 0.717) is 21.6 Å². The molecule has 4 nitrogen and oxygen atoms in total. The molecule has 0 amide bonds. The zero-order valence-corrected chi connectivity index (χ0v) is 11.1. The Hall–Kier alpha value is -2.44. The molecule has 2 N–H and O–H groups in total. The second-order valence-electron chi connectivity index (χ2n) is 4.40. The van der Waals surface area contributed by atoms with Gasteiger partial charge < -0.3 is 10.5 Å². The van der Waals surface area contributed by atoms with E-state index in [1.807, 2.05) is 0 Å². The molecule has 1 aromatic heterocycles. The van der Waals surface area contributed by atoms with Crippen molar-refractivity contribution in [3.05, 3.63) is 58.0 Å². The van der Waals surface area contributed by atoms with Crippen LogP contribution in [0.15, 0.2) is 41.2 Å². The predicted molar refractivity (Wildman–Crippen MR) is 72.2 cm³/mol. The zero-order valence-electron chi connectivity index (χ0n) is 11.1. The van der Waals surface area contributed by atoms with Crippen LogP contribution >= 0.6 is 0 Å². The number of hydrogen-bond donors (Lipinski definition) is 1. The molecule has 0 aliphatic rings. The molecule has 2 rings (SSSR count). The number of halogens is 3. The predicted octanol–water partition coefficient (Wildman–Crippen LogP) is 2.51. The van der Waals surface area contributed by atoms with Crippen LogP contribution in [0.3, 0.4) is 0 Å². The molecule has 0 atom stereocenters. The van der Waals surface area contributed by atoms with Gasteiger partial charge >= 0.3 is 6.18 Å². The molecule has 7 heteroatoms. The fourth-order valence-corrected chi connectivity index (χ4v) is 2.02. The van der Waals surface area contributed by atoms with Crippen molar-refractivity contribution in [1.82, 2.24) is 4.57 Å². The minimum atomic E-state index is -4.62. The van der Waals surface area contributed by atoms with Gasteiger partial charge in [0.05, 0.1) is 13.7 Å². The van der Waals surface area contributed by atoms with E-state index >= 15 is 0 Å². The Morgan fingerprint density at radius 1 is 1.24 bits per heavy atom. The zero-order chi connectivity index (χ0) is 15.6. The van der Waals surface area contributed by atoms with E-state index in [2.05, 4.69) is 0 Å². The van der Waals surface area contributed by atoms with Crippen LogP contribution in [0.2, 0.25) is 0 Å². The number of aromatic nitrogens is 1. The van der Waals surface area contributed by atoms with E-state index in [-0.39, 0.29) is 6.54 Å². The third-order valence-corrected chi connectivity index (χ3v) is 2.97. The largest absolute Gasteiger partial charge is 0.496 e. The van der Waals surface area contributed by atoms with Gasteiger partial charge in [-0.3, -0.25) is 9.36 Å². The second-order valence-corrected chi connectivity index (χ2v) is 4.40. The molecule has 0 spiro atoms. The molecule has 0 saturated carbocycles. The summed E-state index contributed by atoms with van der Waals surface area (Å²) in [5.74, 6) is 0.369. The van der Waals surface area contributed by atoms with Crippen LogP contribution in [-0.4, -0.2) is 11.7 Å². The summed E-state index contributed by atoms with van der Waals surface area (Å²) in [5.41, 5.74) is 4.65. The SMILES string of the molecule is COc1ccc(N)cc1Cn1c(C(F)(F)F)cccc1=O. The topological polar surface area (TPSA) is 57.2 Å². The molecule has 1 aromatic carbocycles. The molecule has 112 valence electrons. The number of nitrogens with zero attached hydrogens (tertiary/aromatic N) is 1. The van der Waals surface area contributed by atoms with E-state index < -0.39 is 17.4 Å². The minimum Gasteiger partial charge on any atom is -0.496 e. The van der Waals surface area contributed by atoms with Crippen LogP contribution < -0.4 is 16.0 Å². The van der Waals surface area contributed by atoms with Crippen LogP contribution in [0.1, 0.15) is 11.3 Å².